The van der Waals surface area contributed by atoms with Gasteiger partial charge in [-0.05, 0) is 74.3 Å². The lowest BCUT2D eigenvalue weighted by molar-refractivity contribution is -0.143. The summed E-state index contributed by atoms with van der Waals surface area (Å²) in [4.78, 5) is 11.3. The van der Waals surface area contributed by atoms with Crippen LogP contribution in [0.15, 0.2) is 48.5 Å². The van der Waals surface area contributed by atoms with Crippen LogP contribution >= 0.6 is 12.4 Å². The van der Waals surface area contributed by atoms with Crippen molar-refractivity contribution in [2.75, 3.05) is 13.2 Å². The largest absolute Gasteiger partial charge is 0.494 e. The van der Waals surface area contributed by atoms with Gasteiger partial charge >= 0.3 is 5.97 Å². The Morgan fingerprint density at radius 3 is 2.70 bits per heavy atom. The molecule has 1 N–H and O–H groups in total. The molecule has 0 saturated heterocycles. The summed E-state index contributed by atoms with van der Waals surface area (Å²) in [6.45, 7) is 3.91. The van der Waals surface area contributed by atoms with Gasteiger partial charge < -0.3 is 14.8 Å². The molecular formula is C25H34ClNO3. The molecule has 0 aromatic heterocycles. The molecule has 1 atom stereocenters. The first-order valence-corrected chi connectivity index (χ1v) is 10.9. The Labute approximate surface area is 186 Å². The average Bonchev–Trinajstić information content (AvgIpc) is 2.75. The molecule has 3 rings (SSSR count). The lowest BCUT2D eigenvalue weighted by Gasteiger charge is -2.26. The zero-order valence-electron chi connectivity index (χ0n) is 17.9. The Morgan fingerprint density at radius 2 is 1.90 bits per heavy atom. The summed E-state index contributed by atoms with van der Waals surface area (Å²) in [6, 6.07) is 17.6. The molecular weight excluding hydrogens is 398 g/mol. The number of carbonyl (C=O) groups is 1. The SMILES string of the molecule is CCOC(=O)CCCCCOc1ccc2c(c1)CC(NCc1ccccc1)CC2.Cl. The maximum Gasteiger partial charge on any atom is 0.305 e. The molecule has 0 spiro atoms. The molecule has 0 heterocycles. The number of hydrogen-bond acceptors (Lipinski definition) is 4. The first-order valence-electron chi connectivity index (χ1n) is 10.9. The molecule has 0 fully saturated rings. The predicted octanol–water partition coefficient (Wildman–Crippen LogP) is 5.26. The van der Waals surface area contributed by atoms with Crippen LogP contribution in [0.1, 0.15) is 55.7 Å². The van der Waals surface area contributed by atoms with Crippen LogP contribution in [0.4, 0.5) is 0 Å². The molecule has 0 aliphatic heterocycles. The van der Waals surface area contributed by atoms with Crippen molar-refractivity contribution in [3.63, 3.8) is 0 Å². The number of fused-ring (bicyclic) bond motifs is 1. The Morgan fingerprint density at radius 1 is 1.07 bits per heavy atom. The summed E-state index contributed by atoms with van der Waals surface area (Å²) < 4.78 is 10.9. The van der Waals surface area contributed by atoms with Crippen LogP contribution in [0.5, 0.6) is 5.75 Å². The number of benzene rings is 2. The topological polar surface area (TPSA) is 47.6 Å². The molecule has 2 aromatic rings. The minimum atomic E-state index is -0.0986. The molecule has 4 nitrogen and oxygen atoms in total. The standard InChI is InChI=1S/C25H33NO3.ClH/c1-2-28-25(27)11-7-4-8-16-29-24-15-13-21-12-14-23(17-22(21)18-24)26-19-20-9-5-3-6-10-20;/h3,5-6,9-10,13,15,18,23,26H,2,4,7-8,11-12,14,16-17,19H2,1H3;1H. The minimum absolute atomic E-state index is 0. The van der Waals surface area contributed by atoms with Crippen LogP contribution in [-0.4, -0.2) is 25.2 Å². The van der Waals surface area contributed by atoms with Crippen molar-refractivity contribution < 1.29 is 14.3 Å². The zero-order chi connectivity index (χ0) is 20.3. The third-order valence-corrected chi connectivity index (χ3v) is 5.44. The van der Waals surface area contributed by atoms with Gasteiger partial charge in [0, 0.05) is 19.0 Å². The fraction of sp³-hybridized carbons (Fsp3) is 0.480. The molecule has 1 aliphatic rings. The Hall–Kier alpha value is -2.04. The molecule has 0 radical (unpaired) electrons. The fourth-order valence-corrected chi connectivity index (χ4v) is 3.83. The van der Waals surface area contributed by atoms with E-state index in [9.17, 15) is 4.79 Å². The third-order valence-electron chi connectivity index (χ3n) is 5.44. The van der Waals surface area contributed by atoms with Crippen molar-refractivity contribution in [3.05, 3.63) is 65.2 Å². The number of esters is 1. The first-order chi connectivity index (χ1) is 14.2. The summed E-state index contributed by atoms with van der Waals surface area (Å²) in [7, 11) is 0. The van der Waals surface area contributed by atoms with Gasteiger partial charge in [-0.3, -0.25) is 4.79 Å². The van der Waals surface area contributed by atoms with E-state index in [-0.39, 0.29) is 18.4 Å². The predicted molar refractivity (Wildman–Crippen MR) is 123 cm³/mol. The third kappa shape index (κ3) is 8.00. The number of halogens is 1. The molecule has 30 heavy (non-hydrogen) atoms. The van der Waals surface area contributed by atoms with E-state index in [2.05, 4.69) is 53.8 Å². The molecule has 0 amide bonds. The van der Waals surface area contributed by atoms with Crippen molar-refractivity contribution >= 4 is 18.4 Å². The van der Waals surface area contributed by atoms with Gasteiger partial charge in [-0.15, -0.1) is 12.4 Å². The number of unbranched alkanes of at least 4 members (excludes halogenated alkanes) is 2. The van der Waals surface area contributed by atoms with E-state index in [4.69, 9.17) is 9.47 Å². The molecule has 1 unspecified atom stereocenters. The van der Waals surface area contributed by atoms with Gasteiger partial charge in [0.05, 0.1) is 13.2 Å². The Balaban J connectivity index is 0.00000320. The van der Waals surface area contributed by atoms with E-state index in [1.54, 1.807) is 0 Å². The van der Waals surface area contributed by atoms with E-state index < -0.39 is 0 Å². The second-order valence-corrected chi connectivity index (χ2v) is 7.70. The molecule has 164 valence electrons. The number of carbonyl (C=O) groups excluding carboxylic acids is 1. The molecule has 5 heteroatoms. The van der Waals surface area contributed by atoms with Gasteiger partial charge in [0.1, 0.15) is 5.75 Å². The summed E-state index contributed by atoms with van der Waals surface area (Å²) >= 11 is 0. The first kappa shape index (κ1) is 24.2. The number of nitrogens with one attached hydrogen (secondary N) is 1. The molecule has 1 aliphatic carbocycles. The smallest absolute Gasteiger partial charge is 0.305 e. The van der Waals surface area contributed by atoms with Crippen LogP contribution in [0.3, 0.4) is 0 Å². The highest BCUT2D eigenvalue weighted by Crippen LogP contribution is 2.26. The van der Waals surface area contributed by atoms with Gasteiger partial charge in [0.15, 0.2) is 0 Å². The van der Waals surface area contributed by atoms with Crippen molar-refractivity contribution in [2.24, 2.45) is 0 Å². The van der Waals surface area contributed by atoms with Crippen LogP contribution in [0, 0.1) is 0 Å². The van der Waals surface area contributed by atoms with Gasteiger partial charge in [-0.1, -0.05) is 36.4 Å². The zero-order valence-corrected chi connectivity index (χ0v) is 18.7. The summed E-state index contributed by atoms with van der Waals surface area (Å²) in [5.41, 5.74) is 4.18. The van der Waals surface area contributed by atoms with Gasteiger partial charge in [0.2, 0.25) is 0 Å². The van der Waals surface area contributed by atoms with Crippen molar-refractivity contribution in [2.45, 2.75) is 64.5 Å². The van der Waals surface area contributed by atoms with Crippen molar-refractivity contribution in [3.8, 4) is 5.75 Å². The number of rotatable bonds is 11. The Kier molecular flexibility index (Phi) is 10.7. The normalized spacial score (nSPS) is 15.0. The lowest BCUT2D eigenvalue weighted by atomic mass is 9.88. The van der Waals surface area contributed by atoms with Crippen LogP contribution in [0.25, 0.3) is 0 Å². The molecule has 0 bridgehead atoms. The monoisotopic (exact) mass is 431 g/mol. The van der Waals surface area contributed by atoms with Crippen LogP contribution in [-0.2, 0) is 28.9 Å². The Bertz CT molecular complexity index is 766. The highest BCUT2D eigenvalue weighted by Gasteiger charge is 2.18. The lowest BCUT2D eigenvalue weighted by Crippen LogP contribution is -2.34. The minimum Gasteiger partial charge on any atom is -0.494 e. The van der Waals surface area contributed by atoms with Gasteiger partial charge in [-0.2, -0.15) is 0 Å². The highest BCUT2D eigenvalue weighted by atomic mass is 35.5. The van der Waals surface area contributed by atoms with Crippen molar-refractivity contribution in [1.82, 2.24) is 5.32 Å². The fourth-order valence-electron chi connectivity index (χ4n) is 3.83. The average molecular weight is 432 g/mol. The number of ether oxygens (including phenoxy) is 2. The van der Waals surface area contributed by atoms with E-state index in [1.807, 2.05) is 6.92 Å². The van der Waals surface area contributed by atoms with E-state index >= 15 is 0 Å². The maximum atomic E-state index is 11.3. The van der Waals surface area contributed by atoms with Gasteiger partial charge in [-0.25, -0.2) is 0 Å². The second kappa shape index (κ2) is 13.3. The van der Waals surface area contributed by atoms with Gasteiger partial charge in [0.25, 0.3) is 0 Å². The second-order valence-electron chi connectivity index (χ2n) is 7.70. The summed E-state index contributed by atoms with van der Waals surface area (Å²) in [6.07, 6.45) is 6.66. The van der Waals surface area contributed by atoms with Crippen LogP contribution in [0.2, 0.25) is 0 Å². The van der Waals surface area contributed by atoms with E-state index in [1.165, 1.54) is 23.1 Å². The van der Waals surface area contributed by atoms with E-state index in [0.29, 0.717) is 25.7 Å². The molecule has 0 saturated carbocycles. The summed E-state index contributed by atoms with van der Waals surface area (Å²) in [5, 5.41) is 3.70. The number of aryl methyl sites for hydroxylation is 1. The van der Waals surface area contributed by atoms with Crippen molar-refractivity contribution in [1.29, 1.82) is 0 Å². The highest BCUT2D eigenvalue weighted by molar-refractivity contribution is 5.85. The number of hydrogen-bond donors (Lipinski definition) is 1. The van der Waals surface area contributed by atoms with Crippen LogP contribution < -0.4 is 10.1 Å². The quantitative estimate of drug-likeness (QED) is 0.389. The molecule has 2 aromatic carbocycles. The maximum absolute atomic E-state index is 11.3. The summed E-state index contributed by atoms with van der Waals surface area (Å²) in [5.74, 6) is 0.858. The van der Waals surface area contributed by atoms with E-state index in [0.717, 1.165) is 44.4 Å².